The molecular weight excluding hydrogens is 230 g/mol. The second-order valence-electron chi connectivity index (χ2n) is 4.42. The number of aliphatic hydroxyl groups excluding tert-OH is 1. The van der Waals surface area contributed by atoms with Gasteiger partial charge in [0.1, 0.15) is 5.69 Å². The molecule has 92 valence electrons. The van der Waals surface area contributed by atoms with E-state index in [1.54, 1.807) is 6.07 Å². The zero-order valence-electron chi connectivity index (χ0n) is 9.92. The highest BCUT2D eigenvalue weighted by Crippen LogP contribution is 2.22. The zero-order chi connectivity index (χ0) is 12.7. The van der Waals surface area contributed by atoms with Gasteiger partial charge >= 0.3 is 0 Å². The molecule has 0 aliphatic carbocycles. The Morgan fingerprint density at radius 2 is 2.11 bits per heavy atom. The molecule has 0 unspecified atom stereocenters. The van der Waals surface area contributed by atoms with Crippen molar-refractivity contribution in [1.29, 1.82) is 0 Å². The van der Waals surface area contributed by atoms with E-state index in [9.17, 15) is 9.90 Å². The van der Waals surface area contributed by atoms with Crippen LogP contribution in [0.15, 0.2) is 30.3 Å². The van der Waals surface area contributed by atoms with Crippen molar-refractivity contribution in [3.8, 4) is 11.3 Å². The van der Waals surface area contributed by atoms with Crippen molar-refractivity contribution < 1.29 is 9.90 Å². The summed E-state index contributed by atoms with van der Waals surface area (Å²) in [5.41, 5.74) is 3.19. The van der Waals surface area contributed by atoms with Crippen molar-refractivity contribution >= 4 is 5.91 Å². The van der Waals surface area contributed by atoms with Gasteiger partial charge in [-0.3, -0.25) is 4.79 Å². The van der Waals surface area contributed by atoms with Gasteiger partial charge in [0.05, 0.1) is 12.2 Å². The molecule has 2 aromatic rings. The molecule has 0 saturated heterocycles. The third-order valence-electron chi connectivity index (χ3n) is 3.04. The number of nitrogens with zero attached hydrogens (tertiary/aromatic N) is 2. The van der Waals surface area contributed by atoms with Gasteiger partial charge < -0.3 is 10.4 Å². The number of hydrogen-bond donors (Lipinski definition) is 2. The molecule has 1 amide bonds. The number of fused-ring (bicyclic) bond motifs is 1. The van der Waals surface area contributed by atoms with Gasteiger partial charge in [-0.15, -0.1) is 0 Å². The second-order valence-corrected chi connectivity index (χ2v) is 4.42. The zero-order valence-corrected chi connectivity index (χ0v) is 9.92. The topological polar surface area (TPSA) is 67.2 Å². The number of aryl methyl sites for hydroxylation is 1. The van der Waals surface area contributed by atoms with E-state index in [1.807, 2.05) is 31.2 Å². The molecule has 0 spiro atoms. The quantitative estimate of drug-likeness (QED) is 0.788. The summed E-state index contributed by atoms with van der Waals surface area (Å²) in [5, 5.41) is 16.7. The SMILES string of the molecule is Cc1ccc(-c2cc3n(n2)[C@@H](O)CNC3=O)cc1. The number of carbonyl (C=O) groups is 1. The Bertz CT molecular complexity index is 601. The average Bonchev–Trinajstić information content (AvgIpc) is 2.81. The van der Waals surface area contributed by atoms with Crippen LogP contribution in [0, 0.1) is 6.92 Å². The standard InChI is InChI=1S/C13H13N3O2/c1-8-2-4-9(5-3-8)10-6-11-13(18)14-7-12(17)16(11)15-10/h2-6,12,17H,7H2,1H3,(H,14,18)/t12-/m0/s1. The van der Waals surface area contributed by atoms with E-state index in [0.29, 0.717) is 11.4 Å². The fourth-order valence-corrected chi connectivity index (χ4v) is 2.02. The summed E-state index contributed by atoms with van der Waals surface area (Å²) >= 11 is 0. The fraction of sp³-hybridized carbons (Fsp3) is 0.231. The highest BCUT2D eigenvalue weighted by atomic mass is 16.3. The molecule has 0 fully saturated rings. The van der Waals surface area contributed by atoms with Gasteiger partial charge in [0.15, 0.2) is 6.23 Å². The van der Waals surface area contributed by atoms with Crippen molar-refractivity contribution in [2.45, 2.75) is 13.2 Å². The third kappa shape index (κ3) is 1.69. The summed E-state index contributed by atoms with van der Waals surface area (Å²) in [6.07, 6.45) is -0.795. The lowest BCUT2D eigenvalue weighted by molar-refractivity contribution is 0.0594. The van der Waals surface area contributed by atoms with E-state index < -0.39 is 6.23 Å². The van der Waals surface area contributed by atoms with Crippen LogP contribution in [-0.4, -0.2) is 27.3 Å². The molecule has 1 aromatic heterocycles. The molecule has 18 heavy (non-hydrogen) atoms. The van der Waals surface area contributed by atoms with Gasteiger partial charge in [0, 0.05) is 5.56 Å². The van der Waals surface area contributed by atoms with Gasteiger partial charge in [-0.25, -0.2) is 4.68 Å². The predicted octanol–water partition coefficient (Wildman–Crippen LogP) is 1.09. The van der Waals surface area contributed by atoms with Crippen LogP contribution in [0.3, 0.4) is 0 Å². The number of carbonyl (C=O) groups excluding carboxylic acids is 1. The molecule has 1 aromatic carbocycles. The molecule has 5 nitrogen and oxygen atoms in total. The van der Waals surface area contributed by atoms with E-state index in [1.165, 1.54) is 10.2 Å². The Labute approximate surface area is 104 Å². The Morgan fingerprint density at radius 1 is 1.39 bits per heavy atom. The minimum Gasteiger partial charge on any atom is -0.370 e. The van der Waals surface area contributed by atoms with Crippen LogP contribution in [0.25, 0.3) is 11.3 Å². The Kier molecular flexibility index (Phi) is 2.41. The van der Waals surface area contributed by atoms with Crippen LogP contribution >= 0.6 is 0 Å². The average molecular weight is 243 g/mol. The van der Waals surface area contributed by atoms with Crippen LogP contribution in [0.2, 0.25) is 0 Å². The molecule has 0 radical (unpaired) electrons. The predicted molar refractivity (Wildman–Crippen MR) is 66.0 cm³/mol. The maximum atomic E-state index is 11.6. The van der Waals surface area contributed by atoms with E-state index in [4.69, 9.17) is 0 Å². The van der Waals surface area contributed by atoms with Crippen molar-refractivity contribution in [1.82, 2.24) is 15.1 Å². The molecule has 3 rings (SSSR count). The van der Waals surface area contributed by atoms with Gasteiger partial charge in [0.2, 0.25) is 0 Å². The van der Waals surface area contributed by atoms with Crippen LogP contribution in [0.1, 0.15) is 22.3 Å². The smallest absolute Gasteiger partial charge is 0.269 e. The van der Waals surface area contributed by atoms with Crippen molar-refractivity contribution in [2.24, 2.45) is 0 Å². The van der Waals surface area contributed by atoms with E-state index in [-0.39, 0.29) is 12.5 Å². The Hall–Kier alpha value is -2.14. The van der Waals surface area contributed by atoms with E-state index in [2.05, 4.69) is 10.4 Å². The van der Waals surface area contributed by atoms with Gasteiger partial charge in [-0.05, 0) is 13.0 Å². The first kappa shape index (κ1) is 11.0. The number of aromatic nitrogens is 2. The number of β-amino-alcohol motifs (C(OH)–C–C–N with tert-alkyl or cyclic N) is 1. The van der Waals surface area contributed by atoms with E-state index >= 15 is 0 Å². The third-order valence-corrected chi connectivity index (χ3v) is 3.04. The lowest BCUT2D eigenvalue weighted by atomic mass is 10.1. The number of hydrogen-bond acceptors (Lipinski definition) is 3. The van der Waals surface area contributed by atoms with Gasteiger partial charge in [0.25, 0.3) is 5.91 Å². The molecule has 0 saturated carbocycles. The molecule has 1 aliphatic rings. The normalized spacial score (nSPS) is 18.3. The summed E-state index contributed by atoms with van der Waals surface area (Å²) in [4.78, 5) is 11.6. The largest absolute Gasteiger partial charge is 0.370 e. The number of amides is 1. The molecular formula is C13H13N3O2. The highest BCUT2D eigenvalue weighted by Gasteiger charge is 2.25. The maximum Gasteiger partial charge on any atom is 0.269 e. The summed E-state index contributed by atoms with van der Waals surface area (Å²) < 4.78 is 1.37. The molecule has 1 aliphatic heterocycles. The Balaban J connectivity index is 2.07. The number of aliphatic hydroxyl groups is 1. The van der Waals surface area contributed by atoms with Crippen molar-refractivity contribution in [3.05, 3.63) is 41.6 Å². The lowest BCUT2D eigenvalue weighted by Gasteiger charge is -2.19. The molecule has 2 N–H and O–H groups in total. The number of nitrogens with one attached hydrogen (secondary N) is 1. The van der Waals surface area contributed by atoms with E-state index in [0.717, 1.165) is 5.56 Å². The highest BCUT2D eigenvalue weighted by molar-refractivity contribution is 5.94. The first-order chi connectivity index (χ1) is 8.65. The summed E-state index contributed by atoms with van der Waals surface area (Å²) in [7, 11) is 0. The number of rotatable bonds is 1. The second kappa shape index (κ2) is 3.96. The molecule has 5 heteroatoms. The number of benzene rings is 1. The van der Waals surface area contributed by atoms with Crippen molar-refractivity contribution in [3.63, 3.8) is 0 Å². The van der Waals surface area contributed by atoms with Gasteiger partial charge in [-0.1, -0.05) is 29.8 Å². The first-order valence-electron chi connectivity index (χ1n) is 5.78. The Morgan fingerprint density at radius 3 is 2.78 bits per heavy atom. The van der Waals surface area contributed by atoms with Crippen LogP contribution in [0.5, 0.6) is 0 Å². The van der Waals surface area contributed by atoms with Crippen LogP contribution in [-0.2, 0) is 0 Å². The summed E-state index contributed by atoms with van der Waals surface area (Å²) in [5.74, 6) is -0.203. The maximum absolute atomic E-state index is 11.6. The van der Waals surface area contributed by atoms with Crippen LogP contribution in [0.4, 0.5) is 0 Å². The van der Waals surface area contributed by atoms with Crippen molar-refractivity contribution in [2.75, 3.05) is 6.54 Å². The summed E-state index contributed by atoms with van der Waals surface area (Å²) in [6.45, 7) is 2.21. The molecule has 2 heterocycles. The first-order valence-corrected chi connectivity index (χ1v) is 5.78. The molecule has 1 atom stereocenters. The van der Waals surface area contributed by atoms with Crippen LogP contribution < -0.4 is 5.32 Å². The summed E-state index contributed by atoms with van der Waals surface area (Å²) in [6, 6.07) is 9.58. The van der Waals surface area contributed by atoms with Gasteiger partial charge in [-0.2, -0.15) is 5.10 Å². The lowest BCUT2D eigenvalue weighted by Crippen LogP contribution is -2.39. The fourth-order valence-electron chi connectivity index (χ4n) is 2.02. The monoisotopic (exact) mass is 243 g/mol. The minimum atomic E-state index is -0.795. The molecule has 0 bridgehead atoms. The minimum absolute atomic E-state index is 0.195.